The minimum absolute atomic E-state index is 0.0149. The third-order valence-corrected chi connectivity index (χ3v) is 5.37. The first-order chi connectivity index (χ1) is 14.1. The average Bonchev–Trinajstić information content (AvgIpc) is 2.75. The van der Waals surface area contributed by atoms with Gasteiger partial charge in [-0.2, -0.15) is 0 Å². The number of carbonyl (C=O) groups is 2. The van der Waals surface area contributed by atoms with Crippen LogP contribution in [0.2, 0.25) is 0 Å². The molecular weight excluding hydrogens is 436 g/mol. The van der Waals surface area contributed by atoms with Crippen molar-refractivity contribution in [3.8, 4) is 5.75 Å². The van der Waals surface area contributed by atoms with Gasteiger partial charge in [-0.25, -0.2) is 0 Å². The Balaban J connectivity index is 1.66. The lowest BCUT2D eigenvalue weighted by Crippen LogP contribution is -2.35. The highest BCUT2D eigenvalue weighted by atomic mass is 79.9. The second-order valence-electron chi connectivity index (χ2n) is 6.87. The number of amides is 2. The number of rotatable bonds is 7. The summed E-state index contributed by atoms with van der Waals surface area (Å²) in [5.41, 5.74) is 1.67. The summed E-state index contributed by atoms with van der Waals surface area (Å²) in [5.74, 6) is 0.408. The summed E-state index contributed by atoms with van der Waals surface area (Å²) in [6.07, 6.45) is 3.26. The van der Waals surface area contributed by atoms with Crippen LogP contribution < -0.4 is 10.1 Å². The molecule has 0 spiro atoms. The summed E-state index contributed by atoms with van der Waals surface area (Å²) >= 11 is 3.43. The van der Waals surface area contributed by atoms with Gasteiger partial charge in [0, 0.05) is 37.0 Å². The summed E-state index contributed by atoms with van der Waals surface area (Å²) in [7, 11) is 1.61. The fourth-order valence-corrected chi connectivity index (χ4v) is 3.70. The van der Waals surface area contributed by atoms with Crippen LogP contribution in [0.25, 0.3) is 0 Å². The number of likely N-dealkylation sites (tertiary alicyclic amines) is 1. The van der Waals surface area contributed by atoms with Gasteiger partial charge in [-0.15, -0.1) is 0 Å². The van der Waals surface area contributed by atoms with Gasteiger partial charge in [-0.3, -0.25) is 9.59 Å². The fraction of sp³-hybridized carbons (Fsp3) is 0.364. The molecule has 2 aromatic rings. The van der Waals surface area contributed by atoms with Crippen LogP contribution in [-0.2, 0) is 4.74 Å². The Morgan fingerprint density at radius 2 is 1.83 bits per heavy atom. The quantitative estimate of drug-likeness (QED) is 0.623. The molecule has 0 atom stereocenters. The van der Waals surface area contributed by atoms with E-state index in [-0.39, 0.29) is 11.8 Å². The van der Waals surface area contributed by atoms with Crippen LogP contribution in [0.15, 0.2) is 46.9 Å². The molecule has 2 amide bonds. The number of nitrogens with one attached hydrogen (secondary N) is 1. The number of methoxy groups -OCH3 is 1. The molecule has 0 bridgehead atoms. The van der Waals surface area contributed by atoms with Gasteiger partial charge < -0.3 is 19.7 Å². The molecular formula is C22H25BrN2O4. The number of carbonyl (C=O) groups excluding carboxylic acids is 2. The molecule has 2 aromatic carbocycles. The smallest absolute Gasteiger partial charge is 0.255 e. The van der Waals surface area contributed by atoms with E-state index < -0.39 is 0 Å². The first kappa shape index (κ1) is 21.3. The maximum Gasteiger partial charge on any atom is 0.255 e. The number of benzene rings is 2. The van der Waals surface area contributed by atoms with Crippen molar-refractivity contribution in [3.05, 3.63) is 58.1 Å². The number of anilines is 1. The summed E-state index contributed by atoms with van der Waals surface area (Å²) in [4.78, 5) is 27.2. The molecule has 0 radical (unpaired) electrons. The first-order valence-corrected chi connectivity index (χ1v) is 10.5. The first-order valence-electron chi connectivity index (χ1n) is 9.70. The Kier molecular flexibility index (Phi) is 7.66. The maximum atomic E-state index is 12.7. The largest absolute Gasteiger partial charge is 0.490 e. The van der Waals surface area contributed by atoms with Crippen LogP contribution in [0.4, 0.5) is 5.69 Å². The lowest BCUT2D eigenvalue weighted by atomic mass is 10.1. The minimum atomic E-state index is -0.253. The van der Waals surface area contributed by atoms with E-state index in [1.807, 2.05) is 4.90 Å². The predicted molar refractivity (Wildman–Crippen MR) is 116 cm³/mol. The van der Waals surface area contributed by atoms with E-state index in [2.05, 4.69) is 21.2 Å². The molecule has 3 rings (SSSR count). The van der Waals surface area contributed by atoms with Crippen LogP contribution in [0.5, 0.6) is 5.75 Å². The van der Waals surface area contributed by atoms with Gasteiger partial charge in [0.25, 0.3) is 11.8 Å². The SMILES string of the molecule is COCCOc1ccc(C(=O)Nc2cccc(C(=O)N3CCCCC3)c2)cc1Br. The van der Waals surface area contributed by atoms with E-state index in [1.54, 1.807) is 49.6 Å². The van der Waals surface area contributed by atoms with Gasteiger partial charge in [0.1, 0.15) is 12.4 Å². The summed E-state index contributed by atoms with van der Waals surface area (Å²) in [5, 5.41) is 2.86. The van der Waals surface area contributed by atoms with Gasteiger partial charge in [-0.05, 0) is 71.6 Å². The van der Waals surface area contributed by atoms with Crippen LogP contribution in [0.3, 0.4) is 0 Å². The standard InChI is InChI=1S/C22H25BrN2O4/c1-28-12-13-29-20-9-8-16(15-19(20)23)21(26)24-18-7-5-6-17(14-18)22(27)25-10-3-2-4-11-25/h5-9,14-15H,2-4,10-13H2,1H3,(H,24,26). The zero-order valence-electron chi connectivity index (χ0n) is 16.4. The molecule has 0 saturated carbocycles. The zero-order chi connectivity index (χ0) is 20.6. The predicted octanol–water partition coefficient (Wildman–Crippen LogP) is 4.35. The Morgan fingerprint density at radius 1 is 1.03 bits per heavy atom. The number of halogens is 1. The van der Waals surface area contributed by atoms with E-state index in [4.69, 9.17) is 9.47 Å². The molecule has 154 valence electrons. The van der Waals surface area contributed by atoms with Crippen molar-refractivity contribution < 1.29 is 19.1 Å². The summed E-state index contributed by atoms with van der Waals surface area (Å²) in [6, 6.07) is 12.2. The fourth-order valence-electron chi connectivity index (χ4n) is 3.21. The molecule has 1 heterocycles. The molecule has 6 nitrogen and oxygen atoms in total. The Labute approximate surface area is 179 Å². The van der Waals surface area contributed by atoms with Crippen molar-refractivity contribution in [1.82, 2.24) is 4.90 Å². The normalized spacial score (nSPS) is 13.8. The lowest BCUT2D eigenvalue weighted by Gasteiger charge is -2.26. The van der Waals surface area contributed by atoms with Crippen LogP contribution in [0.1, 0.15) is 40.0 Å². The molecule has 1 fully saturated rings. The van der Waals surface area contributed by atoms with E-state index in [1.165, 1.54) is 6.42 Å². The van der Waals surface area contributed by atoms with Crippen molar-refractivity contribution in [2.75, 3.05) is 38.7 Å². The van der Waals surface area contributed by atoms with E-state index in [9.17, 15) is 9.59 Å². The Bertz CT molecular complexity index is 866. The highest BCUT2D eigenvalue weighted by molar-refractivity contribution is 9.10. The molecule has 0 unspecified atom stereocenters. The molecule has 1 N–H and O–H groups in total. The van der Waals surface area contributed by atoms with Crippen LogP contribution in [0, 0.1) is 0 Å². The maximum absolute atomic E-state index is 12.7. The minimum Gasteiger partial charge on any atom is -0.490 e. The van der Waals surface area contributed by atoms with Gasteiger partial charge in [0.15, 0.2) is 0 Å². The second-order valence-corrected chi connectivity index (χ2v) is 7.73. The van der Waals surface area contributed by atoms with Gasteiger partial charge in [-0.1, -0.05) is 6.07 Å². The number of hydrogen-bond acceptors (Lipinski definition) is 4. The molecule has 1 aliphatic rings. The lowest BCUT2D eigenvalue weighted by molar-refractivity contribution is 0.0724. The highest BCUT2D eigenvalue weighted by Gasteiger charge is 2.18. The van der Waals surface area contributed by atoms with Gasteiger partial charge >= 0.3 is 0 Å². The third-order valence-electron chi connectivity index (χ3n) is 4.75. The molecule has 1 saturated heterocycles. The molecule has 29 heavy (non-hydrogen) atoms. The van der Waals surface area contributed by atoms with Crippen molar-refractivity contribution in [2.45, 2.75) is 19.3 Å². The van der Waals surface area contributed by atoms with E-state index in [0.29, 0.717) is 40.3 Å². The van der Waals surface area contributed by atoms with Gasteiger partial charge in [0.05, 0.1) is 11.1 Å². The number of nitrogens with zero attached hydrogens (tertiary/aromatic N) is 1. The van der Waals surface area contributed by atoms with Crippen molar-refractivity contribution >= 4 is 33.4 Å². The summed E-state index contributed by atoms with van der Waals surface area (Å²) < 4.78 is 11.2. The molecule has 7 heteroatoms. The monoisotopic (exact) mass is 460 g/mol. The topological polar surface area (TPSA) is 67.9 Å². The zero-order valence-corrected chi connectivity index (χ0v) is 18.0. The van der Waals surface area contributed by atoms with Crippen LogP contribution >= 0.6 is 15.9 Å². The molecule has 0 aliphatic carbocycles. The molecule has 1 aliphatic heterocycles. The van der Waals surface area contributed by atoms with Crippen LogP contribution in [-0.4, -0.2) is 50.1 Å². The highest BCUT2D eigenvalue weighted by Crippen LogP contribution is 2.26. The molecule has 0 aromatic heterocycles. The average molecular weight is 461 g/mol. The van der Waals surface area contributed by atoms with E-state index in [0.717, 1.165) is 25.9 Å². The third kappa shape index (κ3) is 5.81. The van der Waals surface area contributed by atoms with Gasteiger partial charge in [0.2, 0.25) is 0 Å². The Hall–Kier alpha value is -2.38. The Morgan fingerprint density at radius 3 is 2.55 bits per heavy atom. The summed E-state index contributed by atoms with van der Waals surface area (Å²) in [6.45, 7) is 2.50. The second kappa shape index (κ2) is 10.4. The van der Waals surface area contributed by atoms with Crippen molar-refractivity contribution in [1.29, 1.82) is 0 Å². The number of ether oxygens (including phenoxy) is 2. The number of hydrogen-bond donors (Lipinski definition) is 1. The van der Waals surface area contributed by atoms with Crippen molar-refractivity contribution in [3.63, 3.8) is 0 Å². The van der Waals surface area contributed by atoms with Crippen molar-refractivity contribution in [2.24, 2.45) is 0 Å². The number of piperidine rings is 1. The van der Waals surface area contributed by atoms with E-state index >= 15 is 0 Å².